The van der Waals surface area contributed by atoms with E-state index in [1.54, 1.807) is 0 Å². The van der Waals surface area contributed by atoms with Crippen molar-refractivity contribution in [3.8, 4) is 17.0 Å². The molecule has 3 aromatic rings. The molecule has 1 aliphatic heterocycles. The summed E-state index contributed by atoms with van der Waals surface area (Å²) < 4.78 is 11.4. The van der Waals surface area contributed by atoms with Crippen molar-refractivity contribution in [1.29, 1.82) is 0 Å². The quantitative estimate of drug-likeness (QED) is 0.612. The first-order valence-corrected chi connectivity index (χ1v) is 9.50. The number of hydrogen-bond acceptors (Lipinski definition) is 8. The highest BCUT2D eigenvalue weighted by molar-refractivity contribution is 5.97. The van der Waals surface area contributed by atoms with Crippen LogP contribution in [0.1, 0.15) is 20.3 Å². The minimum absolute atomic E-state index is 0.232. The molecule has 1 atom stereocenters. The molecule has 2 aromatic heterocycles. The SMILES string of the molecule is CCOc1cc(-c2cc(N3CCOC[C@H]3CC)nc(N)n2)cc2[nH]nc(N)c12. The maximum absolute atomic E-state index is 6.05. The standard InChI is InChI=1S/C19H25N7O2/c1-3-12-10-27-6-5-26(12)16-9-13(22-19(21)23-16)11-7-14-17(18(20)25-24-14)15(8-11)28-4-2/h7-9,12H,3-6,10H2,1-2H3,(H3,20,24,25)(H2,21,22,23)/t12-/m1/s1. The Hall–Kier alpha value is -3.07. The Bertz CT molecular complexity index is 988. The molecule has 0 radical (unpaired) electrons. The number of nitrogens with one attached hydrogen (secondary N) is 1. The van der Waals surface area contributed by atoms with Gasteiger partial charge in [-0.15, -0.1) is 0 Å². The zero-order chi connectivity index (χ0) is 19.7. The molecule has 148 valence electrons. The summed E-state index contributed by atoms with van der Waals surface area (Å²) in [4.78, 5) is 11.2. The maximum atomic E-state index is 6.05. The average molecular weight is 383 g/mol. The number of rotatable bonds is 5. The van der Waals surface area contributed by atoms with E-state index in [-0.39, 0.29) is 12.0 Å². The lowest BCUT2D eigenvalue weighted by atomic mass is 10.1. The molecule has 9 heteroatoms. The van der Waals surface area contributed by atoms with Crippen LogP contribution in [-0.2, 0) is 4.74 Å². The van der Waals surface area contributed by atoms with Gasteiger partial charge in [0.2, 0.25) is 5.95 Å². The highest BCUT2D eigenvalue weighted by Gasteiger charge is 2.24. The predicted molar refractivity (Wildman–Crippen MR) is 109 cm³/mol. The molecule has 1 saturated heterocycles. The van der Waals surface area contributed by atoms with Gasteiger partial charge < -0.3 is 25.8 Å². The second kappa shape index (κ2) is 7.51. The molecule has 1 aliphatic rings. The number of benzene rings is 1. The van der Waals surface area contributed by atoms with Crippen molar-refractivity contribution >= 4 is 28.5 Å². The van der Waals surface area contributed by atoms with Crippen LogP contribution in [0.15, 0.2) is 18.2 Å². The number of aromatic amines is 1. The van der Waals surface area contributed by atoms with Crippen molar-refractivity contribution in [1.82, 2.24) is 20.2 Å². The summed E-state index contributed by atoms with van der Waals surface area (Å²) in [5.74, 6) is 2.11. The fourth-order valence-electron chi connectivity index (χ4n) is 3.60. The number of morpholine rings is 1. The monoisotopic (exact) mass is 383 g/mol. The Morgan fingerprint density at radius 1 is 1.25 bits per heavy atom. The number of nitrogens with zero attached hydrogens (tertiary/aromatic N) is 4. The summed E-state index contributed by atoms with van der Waals surface area (Å²) in [6.45, 7) is 6.72. The lowest BCUT2D eigenvalue weighted by Crippen LogP contribution is -2.45. The molecule has 4 rings (SSSR count). The van der Waals surface area contributed by atoms with Crippen LogP contribution in [0.25, 0.3) is 22.2 Å². The van der Waals surface area contributed by atoms with Crippen molar-refractivity contribution in [3.63, 3.8) is 0 Å². The van der Waals surface area contributed by atoms with Gasteiger partial charge in [0.25, 0.3) is 0 Å². The Kier molecular flexibility index (Phi) is 4.91. The molecular formula is C19H25N7O2. The van der Waals surface area contributed by atoms with E-state index in [0.29, 0.717) is 31.4 Å². The smallest absolute Gasteiger partial charge is 0.222 e. The van der Waals surface area contributed by atoms with Gasteiger partial charge in [0.15, 0.2) is 5.82 Å². The summed E-state index contributed by atoms with van der Waals surface area (Å²) in [6, 6.07) is 6.09. The fraction of sp³-hybridized carbons (Fsp3) is 0.421. The van der Waals surface area contributed by atoms with Crippen molar-refractivity contribution in [3.05, 3.63) is 18.2 Å². The Labute approximate surface area is 163 Å². The van der Waals surface area contributed by atoms with Gasteiger partial charge in [-0.2, -0.15) is 10.1 Å². The lowest BCUT2D eigenvalue weighted by molar-refractivity contribution is 0.0926. The summed E-state index contributed by atoms with van der Waals surface area (Å²) in [6.07, 6.45) is 0.965. The molecule has 28 heavy (non-hydrogen) atoms. The predicted octanol–water partition coefficient (Wildman–Crippen LogP) is 2.20. The molecule has 3 heterocycles. The molecule has 0 aliphatic carbocycles. The largest absolute Gasteiger partial charge is 0.493 e. The number of nitrogens with two attached hydrogens (primary N) is 2. The highest BCUT2D eigenvalue weighted by Crippen LogP contribution is 2.35. The van der Waals surface area contributed by atoms with E-state index in [2.05, 4.69) is 32.0 Å². The third kappa shape index (κ3) is 3.29. The summed E-state index contributed by atoms with van der Waals surface area (Å²) >= 11 is 0. The number of H-pyrrole nitrogens is 1. The van der Waals surface area contributed by atoms with Gasteiger partial charge in [0.1, 0.15) is 11.6 Å². The first-order valence-electron chi connectivity index (χ1n) is 9.50. The van der Waals surface area contributed by atoms with Crippen LogP contribution in [0.5, 0.6) is 5.75 Å². The van der Waals surface area contributed by atoms with Crippen LogP contribution < -0.4 is 21.1 Å². The first kappa shape index (κ1) is 18.3. The van der Waals surface area contributed by atoms with Gasteiger partial charge in [0, 0.05) is 18.2 Å². The van der Waals surface area contributed by atoms with Crippen molar-refractivity contribution < 1.29 is 9.47 Å². The van der Waals surface area contributed by atoms with Crippen LogP contribution >= 0.6 is 0 Å². The number of ether oxygens (including phenoxy) is 2. The van der Waals surface area contributed by atoms with Gasteiger partial charge in [-0.3, -0.25) is 5.10 Å². The van der Waals surface area contributed by atoms with Crippen LogP contribution in [-0.4, -0.2) is 52.6 Å². The zero-order valence-electron chi connectivity index (χ0n) is 16.1. The van der Waals surface area contributed by atoms with E-state index in [1.807, 2.05) is 25.1 Å². The minimum atomic E-state index is 0.232. The van der Waals surface area contributed by atoms with E-state index >= 15 is 0 Å². The van der Waals surface area contributed by atoms with Crippen molar-refractivity contribution in [2.45, 2.75) is 26.3 Å². The summed E-state index contributed by atoms with van der Waals surface area (Å²) in [7, 11) is 0. The van der Waals surface area contributed by atoms with E-state index in [4.69, 9.17) is 20.9 Å². The van der Waals surface area contributed by atoms with Crippen molar-refractivity contribution in [2.24, 2.45) is 0 Å². The molecule has 1 aromatic carbocycles. The molecule has 0 saturated carbocycles. The van der Waals surface area contributed by atoms with E-state index in [0.717, 1.165) is 40.9 Å². The second-order valence-corrected chi connectivity index (χ2v) is 6.74. The van der Waals surface area contributed by atoms with Crippen LogP contribution in [0.4, 0.5) is 17.6 Å². The Morgan fingerprint density at radius 2 is 2.11 bits per heavy atom. The molecule has 1 fully saturated rings. The Morgan fingerprint density at radius 3 is 2.89 bits per heavy atom. The molecule has 0 bridgehead atoms. The normalized spacial score (nSPS) is 17.2. The minimum Gasteiger partial charge on any atom is -0.493 e. The highest BCUT2D eigenvalue weighted by atomic mass is 16.5. The molecule has 9 nitrogen and oxygen atoms in total. The van der Waals surface area contributed by atoms with E-state index in [9.17, 15) is 0 Å². The average Bonchev–Trinajstić information content (AvgIpc) is 3.09. The van der Waals surface area contributed by atoms with Crippen LogP contribution in [0.3, 0.4) is 0 Å². The van der Waals surface area contributed by atoms with Crippen LogP contribution in [0, 0.1) is 0 Å². The second-order valence-electron chi connectivity index (χ2n) is 6.74. The lowest BCUT2D eigenvalue weighted by Gasteiger charge is -2.36. The number of aromatic nitrogens is 4. The first-order chi connectivity index (χ1) is 13.6. The topological polar surface area (TPSA) is 128 Å². The third-order valence-corrected chi connectivity index (χ3v) is 4.97. The van der Waals surface area contributed by atoms with Gasteiger partial charge in [-0.05, 0) is 25.5 Å². The van der Waals surface area contributed by atoms with Gasteiger partial charge in [-0.1, -0.05) is 6.92 Å². The van der Waals surface area contributed by atoms with E-state index in [1.165, 1.54) is 0 Å². The Balaban J connectivity index is 1.80. The van der Waals surface area contributed by atoms with Gasteiger partial charge >= 0.3 is 0 Å². The van der Waals surface area contributed by atoms with Gasteiger partial charge in [-0.25, -0.2) is 4.98 Å². The number of anilines is 3. The van der Waals surface area contributed by atoms with Crippen molar-refractivity contribution in [2.75, 3.05) is 42.7 Å². The van der Waals surface area contributed by atoms with Crippen LogP contribution in [0.2, 0.25) is 0 Å². The molecular weight excluding hydrogens is 358 g/mol. The zero-order valence-corrected chi connectivity index (χ0v) is 16.1. The number of fused-ring (bicyclic) bond motifs is 1. The summed E-state index contributed by atoms with van der Waals surface area (Å²) in [5, 5.41) is 7.82. The molecule has 0 unspecified atom stereocenters. The van der Waals surface area contributed by atoms with E-state index < -0.39 is 0 Å². The fourth-order valence-corrected chi connectivity index (χ4v) is 3.60. The molecule has 0 amide bonds. The number of nitrogen functional groups attached to an aromatic ring is 2. The molecule has 5 N–H and O–H groups in total. The summed E-state index contributed by atoms with van der Waals surface area (Å²) in [5.41, 5.74) is 14.4. The van der Waals surface area contributed by atoms with Gasteiger partial charge in [0.05, 0.1) is 42.5 Å². The maximum Gasteiger partial charge on any atom is 0.222 e. The third-order valence-electron chi connectivity index (χ3n) is 4.97. The number of hydrogen-bond donors (Lipinski definition) is 3. The molecule has 0 spiro atoms.